The first kappa shape index (κ1) is 17.7. The third-order valence-corrected chi connectivity index (χ3v) is 4.97. The van der Waals surface area contributed by atoms with Crippen molar-refractivity contribution < 1.29 is 19.0 Å². The lowest BCUT2D eigenvalue weighted by Crippen LogP contribution is -2.24. The second-order valence-corrected chi connectivity index (χ2v) is 6.40. The van der Waals surface area contributed by atoms with E-state index in [9.17, 15) is 4.79 Å². The molecule has 25 heavy (non-hydrogen) atoms. The maximum atomic E-state index is 12.2. The quantitative estimate of drug-likeness (QED) is 0.847. The zero-order chi connectivity index (χ0) is 18.1. The van der Waals surface area contributed by atoms with Crippen LogP contribution in [0.4, 0.5) is 5.69 Å². The Balaban J connectivity index is 2.25. The summed E-state index contributed by atoms with van der Waals surface area (Å²) in [6, 6.07) is 7.08. The van der Waals surface area contributed by atoms with Gasteiger partial charge < -0.3 is 19.5 Å². The number of amides is 1. The Kier molecular flexibility index (Phi) is 4.97. The maximum Gasteiger partial charge on any atom is 0.225 e. The van der Waals surface area contributed by atoms with Gasteiger partial charge in [0.25, 0.3) is 0 Å². The number of halogens is 2. The first-order valence-corrected chi connectivity index (χ1v) is 8.33. The number of ether oxygens (including phenoxy) is 3. The SMILES string of the molecule is COc1cc2c(c(OC)c1OC)C(c1ccc(Cl)c(Cl)c1)CC(=O)N2. The Morgan fingerprint density at radius 3 is 2.32 bits per heavy atom. The topological polar surface area (TPSA) is 56.8 Å². The van der Waals surface area contributed by atoms with Gasteiger partial charge in [0.2, 0.25) is 11.7 Å². The molecule has 5 nitrogen and oxygen atoms in total. The van der Waals surface area contributed by atoms with E-state index in [1.54, 1.807) is 32.4 Å². The molecule has 0 radical (unpaired) electrons. The fraction of sp³-hybridized carbons (Fsp3) is 0.278. The van der Waals surface area contributed by atoms with E-state index < -0.39 is 0 Å². The van der Waals surface area contributed by atoms with Crippen LogP contribution < -0.4 is 19.5 Å². The maximum absolute atomic E-state index is 12.2. The summed E-state index contributed by atoms with van der Waals surface area (Å²) in [6.07, 6.45) is 0.261. The monoisotopic (exact) mass is 381 g/mol. The molecule has 3 rings (SSSR count). The second-order valence-electron chi connectivity index (χ2n) is 5.58. The van der Waals surface area contributed by atoms with E-state index in [1.165, 1.54) is 7.11 Å². The number of carbonyl (C=O) groups is 1. The van der Waals surface area contributed by atoms with Crippen LogP contribution in [0, 0.1) is 0 Å². The molecule has 0 saturated heterocycles. The predicted molar refractivity (Wildman–Crippen MR) is 97.6 cm³/mol. The molecule has 2 aromatic carbocycles. The number of carbonyl (C=O) groups excluding carboxylic acids is 1. The molecule has 132 valence electrons. The van der Waals surface area contributed by atoms with Gasteiger partial charge in [-0.15, -0.1) is 0 Å². The number of anilines is 1. The molecule has 1 aliphatic heterocycles. The first-order valence-electron chi connectivity index (χ1n) is 7.57. The van der Waals surface area contributed by atoms with Crippen molar-refractivity contribution in [3.63, 3.8) is 0 Å². The fourth-order valence-electron chi connectivity index (χ4n) is 3.13. The summed E-state index contributed by atoms with van der Waals surface area (Å²) in [5.41, 5.74) is 2.32. The Bertz CT molecular complexity index is 838. The Labute approximate surface area is 155 Å². The number of fused-ring (bicyclic) bond motifs is 1. The fourth-order valence-corrected chi connectivity index (χ4v) is 3.44. The smallest absolute Gasteiger partial charge is 0.225 e. The van der Waals surface area contributed by atoms with Gasteiger partial charge in [-0.1, -0.05) is 29.3 Å². The molecule has 1 atom stereocenters. The van der Waals surface area contributed by atoms with Gasteiger partial charge in [0.1, 0.15) is 0 Å². The Morgan fingerprint density at radius 1 is 1.00 bits per heavy atom. The molecule has 1 heterocycles. The van der Waals surface area contributed by atoms with Gasteiger partial charge in [-0.3, -0.25) is 4.79 Å². The van der Waals surface area contributed by atoms with E-state index in [0.717, 1.165) is 11.1 Å². The molecule has 1 N–H and O–H groups in total. The molecule has 7 heteroatoms. The van der Waals surface area contributed by atoms with Crippen LogP contribution in [0.2, 0.25) is 10.0 Å². The number of hydrogen-bond acceptors (Lipinski definition) is 4. The van der Waals surface area contributed by atoms with Gasteiger partial charge in [0, 0.05) is 24.0 Å². The number of rotatable bonds is 4. The van der Waals surface area contributed by atoms with E-state index in [2.05, 4.69) is 5.32 Å². The molecule has 0 aromatic heterocycles. The molecule has 0 spiro atoms. The molecule has 0 bridgehead atoms. The Hall–Kier alpha value is -2.11. The van der Waals surface area contributed by atoms with E-state index >= 15 is 0 Å². The van der Waals surface area contributed by atoms with Crippen LogP contribution in [0.25, 0.3) is 0 Å². The standard InChI is InChI=1S/C18H17Cl2NO4/c1-23-14-8-13-16(18(25-3)17(14)24-2)10(7-15(22)21-13)9-4-5-11(19)12(20)6-9/h4-6,8,10H,7H2,1-3H3,(H,21,22). The van der Waals surface area contributed by atoms with Crippen molar-refractivity contribution in [3.05, 3.63) is 45.4 Å². The summed E-state index contributed by atoms with van der Waals surface area (Å²) in [4.78, 5) is 12.2. The van der Waals surface area contributed by atoms with Crippen molar-refractivity contribution in [2.75, 3.05) is 26.6 Å². The number of methoxy groups -OCH3 is 3. The third-order valence-electron chi connectivity index (χ3n) is 4.23. The molecule has 0 aliphatic carbocycles. The lowest BCUT2D eigenvalue weighted by Gasteiger charge is -2.29. The number of hydrogen-bond donors (Lipinski definition) is 1. The van der Waals surface area contributed by atoms with Crippen LogP contribution >= 0.6 is 23.2 Å². The van der Waals surface area contributed by atoms with E-state index in [1.807, 2.05) is 6.07 Å². The van der Waals surface area contributed by atoms with Gasteiger partial charge >= 0.3 is 0 Å². The number of nitrogens with one attached hydrogen (secondary N) is 1. The minimum Gasteiger partial charge on any atom is -0.493 e. The molecule has 0 fully saturated rings. The number of benzene rings is 2. The summed E-state index contributed by atoms with van der Waals surface area (Å²) < 4.78 is 16.4. The Morgan fingerprint density at radius 2 is 1.72 bits per heavy atom. The first-order chi connectivity index (χ1) is 12.0. The highest BCUT2D eigenvalue weighted by Gasteiger charge is 2.33. The minimum absolute atomic E-state index is 0.0992. The predicted octanol–water partition coefficient (Wildman–Crippen LogP) is 4.49. The van der Waals surface area contributed by atoms with Crippen molar-refractivity contribution in [2.45, 2.75) is 12.3 Å². The molecule has 0 saturated carbocycles. The largest absolute Gasteiger partial charge is 0.493 e. The molecule has 1 aliphatic rings. The van der Waals surface area contributed by atoms with Crippen molar-refractivity contribution in [2.24, 2.45) is 0 Å². The van der Waals surface area contributed by atoms with Gasteiger partial charge in [0.15, 0.2) is 11.5 Å². The van der Waals surface area contributed by atoms with Crippen molar-refractivity contribution in [1.82, 2.24) is 0 Å². The van der Waals surface area contributed by atoms with Crippen molar-refractivity contribution in [3.8, 4) is 17.2 Å². The summed E-state index contributed by atoms with van der Waals surface area (Å²) in [5, 5.41) is 3.77. The average Bonchev–Trinajstić information content (AvgIpc) is 2.61. The van der Waals surface area contributed by atoms with Gasteiger partial charge in [-0.05, 0) is 17.7 Å². The second kappa shape index (κ2) is 7.02. The highest BCUT2D eigenvalue weighted by molar-refractivity contribution is 6.42. The molecular formula is C18H17Cl2NO4. The molecule has 1 amide bonds. The summed E-state index contributed by atoms with van der Waals surface area (Å²) >= 11 is 12.2. The van der Waals surface area contributed by atoms with Crippen LogP contribution in [-0.4, -0.2) is 27.2 Å². The lowest BCUT2D eigenvalue weighted by molar-refractivity contribution is -0.116. The molecule has 1 unspecified atom stereocenters. The van der Waals surface area contributed by atoms with Crippen LogP contribution in [-0.2, 0) is 4.79 Å². The normalized spacial score (nSPS) is 16.0. The lowest BCUT2D eigenvalue weighted by atomic mass is 9.84. The van der Waals surface area contributed by atoms with Gasteiger partial charge in [0.05, 0.1) is 37.1 Å². The van der Waals surface area contributed by atoms with Crippen LogP contribution in [0.1, 0.15) is 23.5 Å². The summed E-state index contributed by atoms with van der Waals surface area (Å²) in [5.74, 6) is 1.14. The average molecular weight is 382 g/mol. The van der Waals surface area contributed by atoms with Gasteiger partial charge in [-0.25, -0.2) is 0 Å². The third kappa shape index (κ3) is 3.10. The van der Waals surface area contributed by atoms with E-state index in [-0.39, 0.29) is 18.2 Å². The van der Waals surface area contributed by atoms with E-state index in [0.29, 0.717) is 33.0 Å². The zero-order valence-electron chi connectivity index (χ0n) is 14.0. The summed E-state index contributed by atoms with van der Waals surface area (Å²) in [7, 11) is 4.63. The van der Waals surface area contributed by atoms with Crippen molar-refractivity contribution in [1.29, 1.82) is 0 Å². The van der Waals surface area contributed by atoms with E-state index in [4.69, 9.17) is 37.4 Å². The van der Waals surface area contributed by atoms with Crippen LogP contribution in [0.5, 0.6) is 17.2 Å². The highest BCUT2D eigenvalue weighted by atomic mass is 35.5. The van der Waals surface area contributed by atoms with Crippen LogP contribution in [0.3, 0.4) is 0 Å². The molecular weight excluding hydrogens is 365 g/mol. The minimum atomic E-state index is -0.242. The molecule has 2 aromatic rings. The van der Waals surface area contributed by atoms with Crippen LogP contribution in [0.15, 0.2) is 24.3 Å². The van der Waals surface area contributed by atoms with Gasteiger partial charge in [-0.2, -0.15) is 0 Å². The zero-order valence-corrected chi connectivity index (χ0v) is 15.5. The highest BCUT2D eigenvalue weighted by Crippen LogP contribution is 2.51. The summed E-state index contributed by atoms with van der Waals surface area (Å²) in [6.45, 7) is 0. The van der Waals surface area contributed by atoms with Crippen molar-refractivity contribution >= 4 is 34.8 Å².